The van der Waals surface area contributed by atoms with Crippen LogP contribution in [0.1, 0.15) is 24.5 Å². The lowest BCUT2D eigenvalue weighted by Gasteiger charge is -2.10. The van der Waals surface area contributed by atoms with Gasteiger partial charge in [-0.1, -0.05) is 13.0 Å². The number of aryl methyl sites for hydroxylation is 1. The molecular formula is C14H18FN3. The molecule has 0 bridgehead atoms. The van der Waals surface area contributed by atoms with E-state index in [1.165, 1.54) is 0 Å². The Morgan fingerprint density at radius 1 is 1.44 bits per heavy atom. The summed E-state index contributed by atoms with van der Waals surface area (Å²) in [6, 6.07) is 5.29. The van der Waals surface area contributed by atoms with Crippen molar-refractivity contribution in [2.45, 2.75) is 32.7 Å². The van der Waals surface area contributed by atoms with Gasteiger partial charge in [0, 0.05) is 12.2 Å². The third-order valence-corrected chi connectivity index (χ3v) is 2.99. The van der Waals surface area contributed by atoms with E-state index in [-0.39, 0.29) is 11.9 Å². The summed E-state index contributed by atoms with van der Waals surface area (Å²) in [7, 11) is 0. The zero-order chi connectivity index (χ0) is 13.1. The Balaban J connectivity index is 2.25. The lowest BCUT2D eigenvalue weighted by Crippen LogP contribution is -2.21. The zero-order valence-electron chi connectivity index (χ0n) is 10.7. The van der Waals surface area contributed by atoms with Gasteiger partial charge in [0.25, 0.3) is 0 Å². The molecule has 1 aromatic heterocycles. The fourth-order valence-corrected chi connectivity index (χ4v) is 1.85. The van der Waals surface area contributed by atoms with Crippen molar-refractivity contribution in [2.75, 3.05) is 0 Å². The first-order valence-electron chi connectivity index (χ1n) is 6.15. The summed E-state index contributed by atoms with van der Waals surface area (Å²) >= 11 is 0. The first-order valence-corrected chi connectivity index (χ1v) is 6.15. The molecular weight excluding hydrogens is 229 g/mol. The summed E-state index contributed by atoms with van der Waals surface area (Å²) in [5.41, 5.74) is 8.27. The molecule has 0 aliphatic heterocycles. The minimum atomic E-state index is -0.265. The van der Waals surface area contributed by atoms with Crippen LogP contribution in [0.25, 0.3) is 5.69 Å². The Labute approximate surface area is 106 Å². The first kappa shape index (κ1) is 12.8. The molecule has 2 aromatic rings. The normalized spacial score (nSPS) is 12.7. The van der Waals surface area contributed by atoms with Gasteiger partial charge in [-0.3, -0.25) is 0 Å². The Morgan fingerprint density at radius 3 is 2.78 bits per heavy atom. The molecule has 0 fully saturated rings. The van der Waals surface area contributed by atoms with Crippen LogP contribution in [0.3, 0.4) is 0 Å². The molecule has 2 rings (SSSR count). The summed E-state index contributed by atoms with van der Waals surface area (Å²) < 4.78 is 15.5. The zero-order valence-corrected chi connectivity index (χ0v) is 10.7. The molecule has 0 spiro atoms. The van der Waals surface area contributed by atoms with Gasteiger partial charge in [0.2, 0.25) is 0 Å². The molecule has 4 heteroatoms. The highest BCUT2D eigenvalue weighted by Crippen LogP contribution is 2.16. The smallest absolute Gasteiger partial charge is 0.149 e. The maximum Gasteiger partial charge on any atom is 0.149 e. The Morgan fingerprint density at radius 2 is 2.22 bits per heavy atom. The van der Waals surface area contributed by atoms with Crippen molar-refractivity contribution in [2.24, 2.45) is 5.73 Å². The van der Waals surface area contributed by atoms with E-state index >= 15 is 0 Å². The monoisotopic (exact) mass is 247 g/mol. The quantitative estimate of drug-likeness (QED) is 0.902. The number of rotatable bonds is 4. The molecule has 3 nitrogen and oxygen atoms in total. The second-order valence-corrected chi connectivity index (χ2v) is 4.62. The highest BCUT2D eigenvalue weighted by Gasteiger charge is 2.08. The van der Waals surface area contributed by atoms with E-state index in [4.69, 9.17) is 5.73 Å². The fraction of sp³-hybridized carbons (Fsp3) is 0.357. The summed E-state index contributed by atoms with van der Waals surface area (Å²) in [5.74, 6) is -0.265. The Kier molecular flexibility index (Phi) is 3.77. The van der Waals surface area contributed by atoms with Gasteiger partial charge in [-0.15, -0.1) is 0 Å². The minimum Gasteiger partial charge on any atom is -0.327 e. The number of nitrogens with two attached hydrogens (primary N) is 1. The molecule has 1 unspecified atom stereocenters. The number of nitrogens with zero attached hydrogens (tertiary/aromatic N) is 2. The van der Waals surface area contributed by atoms with Crippen LogP contribution < -0.4 is 5.73 Å². The van der Waals surface area contributed by atoms with E-state index in [0.717, 1.165) is 17.5 Å². The van der Waals surface area contributed by atoms with Gasteiger partial charge < -0.3 is 5.73 Å². The average Bonchev–Trinajstić information content (AvgIpc) is 2.75. The average molecular weight is 247 g/mol. The van der Waals surface area contributed by atoms with Crippen LogP contribution in [0.4, 0.5) is 4.39 Å². The van der Waals surface area contributed by atoms with Crippen LogP contribution in [-0.2, 0) is 6.42 Å². The van der Waals surface area contributed by atoms with E-state index in [0.29, 0.717) is 12.1 Å². The highest BCUT2D eigenvalue weighted by atomic mass is 19.1. The second kappa shape index (κ2) is 5.31. The summed E-state index contributed by atoms with van der Waals surface area (Å²) in [5, 5.41) is 4.11. The molecule has 0 saturated heterocycles. The summed E-state index contributed by atoms with van der Waals surface area (Å²) in [6.45, 7) is 3.96. The second-order valence-electron chi connectivity index (χ2n) is 4.62. The number of benzene rings is 1. The van der Waals surface area contributed by atoms with Crippen molar-refractivity contribution in [3.05, 3.63) is 47.5 Å². The number of aromatic nitrogens is 2. The van der Waals surface area contributed by atoms with E-state index in [9.17, 15) is 4.39 Å². The molecule has 0 aliphatic rings. The van der Waals surface area contributed by atoms with E-state index in [1.54, 1.807) is 29.2 Å². The van der Waals surface area contributed by atoms with Crippen LogP contribution in [0.2, 0.25) is 0 Å². The molecule has 1 aromatic carbocycles. The molecule has 1 heterocycles. The molecule has 1 atom stereocenters. The Bertz CT molecular complexity index is 534. The molecule has 0 radical (unpaired) electrons. The maximum absolute atomic E-state index is 14.0. The van der Waals surface area contributed by atoms with Crippen molar-refractivity contribution in [1.82, 2.24) is 9.78 Å². The van der Waals surface area contributed by atoms with Crippen molar-refractivity contribution < 1.29 is 4.39 Å². The standard InChI is InChI=1S/C14H18FN3/c1-3-12(16)6-11-4-5-14(13(15)7-11)18-9-10(2)8-17-18/h4-5,7-9,12H,3,6,16H2,1-2H3. The van der Waals surface area contributed by atoms with E-state index in [1.807, 2.05) is 19.9 Å². The number of hydrogen-bond donors (Lipinski definition) is 1. The van der Waals surface area contributed by atoms with Gasteiger partial charge in [0.15, 0.2) is 0 Å². The molecule has 0 saturated carbocycles. The van der Waals surface area contributed by atoms with Crippen molar-refractivity contribution in [3.63, 3.8) is 0 Å². The van der Waals surface area contributed by atoms with Gasteiger partial charge >= 0.3 is 0 Å². The van der Waals surface area contributed by atoms with Crippen molar-refractivity contribution >= 4 is 0 Å². The summed E-state index contributed by atoms with van der Waals surface area (Å²) in [4.78, 5) is 0. The lowest BCUT2D eigenvalue weighted by atomic mass is 10.0. The van der Waals surface area contributed by atoms with Gasteiger partial charge in [0.1, 0.15) is 11.5 Å². The van der Waals surface area contributed by atoms with Crippen LogP contribution in [0.15, 0.2) is 30.6 Å². The van der Waals surface area contributed by atoms with Crippen LogP contribution in [0.5, 0.6) is 0 Å². The molecule has 18 heavy (non-hydrogen) atoms. The Hall–Kier alpha value is -1.68. The number of halogens is 1. The summed E-state index contributed by atoms with van der Waals surface area (Å²) in [6.07, 6.45) is 5.10. The van der Waals surface area contributed by atoms with Crippen molar-refractivity contribution in [1.29, 1.82) is 0 Å². The van der Waals surface area contributed by atoms with Gasteiger partial charge in [-0.2, -0.15) is 5.10 Å². The fourth-order valence-electron chi connectivity index (χ4n) is 1.85. The predicted molar refractivity (Wildman–Crippen MR) is 70.2 cm³/mol. The minimum absolute atomic E-state index is 0.0854. The van der Waals surface area contributed by atoms with Gasteiger partial charge in [0.05, 0.1) is 6.20 Å². The van der Waals surface area contributed by atoms with E-state index < -0.39 is 0 Å². The predicted octanol–water partition coefficient (Wildman–Crippen LogP) is 2.60. The molecule has 96 valence electrons. The van der Waals surface area contributed by atoms with Crippen LogP contribution >= 0.6 is 0 Å². The third-order valence-electron chi connectivity index (χ3n) is 2.99. The first-order chi connectivity index (χ1) is 8.60. The topological polar surface area (TPSA) is 43.8 Å². The SMILES string of the molecule is CCC(N)Cc1ccc(-n2cc(C)cn2)c(F)c1. The molecule has 0 aliphatic carbocycles. The molecule has 2 N–H and O–H groups in total. The third kappa shape index (κ3) is 2.76. The van der Waals surface area contributed by atoms with Gasteiger partial charge in [-0.05, 0) is 43.0 Å². The van der Waals surface area contributed by atoms with Gasteiger partial charge in [-0.25, -0.2) is 9.07 Å². The highest BCUT2D eigenvalue weighted by molar-refractivity contribution is 5.36. The maximum atomic E-state index is 14.0. The van der Waals surface area contributed by atoms with Crippen LogP contribution in [0, 0.1) is 12.7 Å². The number of hydrogen-bond acceptors (Lipinski definition) is 2. The molecule has 0 amide bonds. The van der Waals surface area contributed by atoms with Crippen molar-refractivity contribution in [3.8, 4) is 5.69 Å². The lowest BCUT2D eigenvalue weighted by molar-refractivity contribution is 0.601. The largest absolute Gasteiger partial charge is 0.327 e. The van der Waals surface area contributed by atoms with Crippen LogP contribution in [-0.4, -0.2) is 15.8 Å². The van der Waals surface area contributed by atoms with E-state index in [2.05, 4.69) is 5.10 Å².